The molecule has 2 aromatic carbocycles. The first-order valence-electron chi connectivity index (χ1n) is 6.55. The first-order valence-corrected chi connectivity index (χ1v) is 6.55. The number of rotatable bonds is 3. The van der Waals surface area contributed by atoms with Gasteiger partial charge in [-0.3, -0.25) is 0 Å². The van der Waals surface area contributed by atoms with Crippen molar-refractivity contribution in [2.75, 3.05) is 0 Å². The molecule has 0 saturated carbocycles. The molecule has 0 aliphatic heterocycles. The molecule has 0 radical (unpaired) electrons. The third-order valence-electron chi connectivity index (χ3n) is 3.47. The Bertz CT molecular complexity index is 928. The normalized spacial score (nSPS) is 10.8. The summed E-state index contributed by atoms with van der Waals surface area (Å²) in [5, 5.41) is 37.0. The second kappa shape index (κ2) is 5.09. The van der Waals surface area contributed by atoms with E-state index in [1.807, 2.05) is 0 Å². The molecule has 3 rings (SSSR count). The minimum Gasteiger partial charge on any atom is -0.506 e. The van der Waals surface area contributed by atoms with Crippen molar-refractivity contribution < 1.29 is 24.9 Å². The summed E-state index contributed by atoms with van der Waals surface area (Å²) in [6.45, 7) is 1.36. The molecule has 3 aromatic rings. The highest BCUT2D eigenvalue weighted by molar-refractivity contribution is 6.00. The van der Waals surface area contributed by atoms with E-state index in [1.54, 1.807) is 24.3 Å². The number of phenolic OH excluding ortho intramolecular Hbond substituents is 1. The Kier molecular flexibility index (Phi) is 3.21. The summed E-state index contributed by atoms with van der Waals surface area (Å²) >= 11 is 0. The van der Waals surface area contributed by atoms with Crippen LogP contribution in [0.5, 0.6) is 5.75 Å². The van der Waals surface area contributed by atoms with Gasteiger partial charge < -0.3 is 15.3 Å². The van der Waals surface area contributed by atoms with Crippen molar-refractivity contribution in [3.63, 3.8) is 0 Å². The zero-order chi connectivity index (χ0) is 16.7. The van der Waals surface area contributed by atoms with Gasteiger partial charge in [0.1, 0.15) is 22.5 Å². The number of carboxylic acid groups (broad SMARTS) is 2. The fourth-order valence-corrected chi connectivity index (χ4v) is 2.40. The van der Waals surface area contributed by atoms with Gasteiger partial charge in [-0.05, 0) is 30.7 Å². The number of carboxylic acids is 2. The molecule has 0 fully saturated rings. The Morgan fingerprint density at radius 1 is 1.04 bits per heavy atom. The molecule has 0 amide bonds. The maximum atomic E-state index is 11.6. The molecule has 0 aliphatic rings. The van der Waals surface area contributed by atoms with Crippen LogP contribution in [-0.2, 0) is 0 Å². The lowest BCUT2D eigenvalue weighted by Crippen LogP contribution is -2.14. The van der Waals surface area contributed by atoms with Gasteiger partial charge in [0.2, 0.25) is 0 Å². The van der Waals surface area contributed by atoms with E-state index in [4.69, 9.17) is 5.11 Å². The minimum absolute atomic E-state index is 0.0131. The average Bonchev–Trinajstić information content (AvgIpc) is 2.91. The van der Waals surface area contributed by atoms with E-state index in [9.17, 15) is 19.8 Å². The highest BCUT2D eigenvalue weighted by atomic mass is 16.4. The van der Waals surface area contributed by atoms with Gasteiger partial charge in [0.05, 0.1) is 11.1 Å². The number of benzene rings is 2. The van der Waals surface area contributed by atoms with Crippen LogP contribution < -0.4 is 0 Å². The average molecular weight is 313 g/mol. The lowest BCUT2D eigenvalue weighted by molar-refractivity contribution is 0.0695. The van der Waals surface area contributed by atoms with Gasteiger partial charge >= 0.3 is 11.9 Å². The first-order chi connectivity index (χ1) is 10.9. The number of nitrogens with zero attached hydrogens (tertiary/aromatic N) is 3. The summed E-state index contributed by atoms with van der Waals surface area (Å²) in [6.07, 6.45) is 0. The molecule has 0 unspecified atom stereocenters. The second-order valence-corrected chi connectivity index (χ2v) is 4.88. The molecule has 1 aromatic heterocycles. The Hall–Kier alpha value is -3.42. The monoisotopic (exact) mass is 313 g/mol. The van der Waals surface area contributed by atoms with Crippen molar-refractivity contribution in [2.24, 2.45) is 0 Å². The molecular formula is C15H11N3O5. The van der Waals surface area contributed by atoms with Crippen molar-refractivity contribution in [1.82, 2.24) is 15.0 Å². The number of fused-ring (bicyclic) bond motifs is 1. The fourth-order valence-electron chi connectivity index (χ4n) is 2.40. The van der Waals surface area contributed by atoms with Gasteiger partial charge in [-0.15, -0.1) is 15.0 Å². The van der Waals surface area contributed by atoms with E-state index in [0.29, 0.717) is 11.0 Å². The van der Waals surface area contributed by atoms with Crippen LogP contribution in [0.3, 0.4) is 0 Å². The largest absolute Gasteiger partial charge is 0.506 e. The van der Waals surface area contributed by atoms with Crippen LogP contribution in [0.2, 0.25) is 0 Å². The van der Waals surface area contributed by atoms with Crippen molar-refractivity contribution >= 4 is 23.0 Å². The SMILES string of the molecule is Cc1c(C(=O)O)cc(O)c(-n2nc3ccccc3n2)c1C(=O)O. The number of aromatic nitrogens is 3. The van der Waals surface area contributed by atoms with Crippen LogP contribution in [-0.4, -0.2) is 42.3 Å². The maximum absolute atomic E-state index is 11.6. The summed E-state index contributed by atoms with van der Waals surface area (Å²) in [4.78, 5) is 23.8. The first kappa shape index (κ1) is 14.5. The number of aromatic carboxylic acids is 2. The summed E-state index contributed by atoms with van der Waals surface area (Å²) in [5.41, 5.74) is 0.227. The van der Waals surface area contributed by atoms with Gasteiger partial charge in [0.25, 0.3) is 0 Å². The molecule has 0 saturated heterocycles. The zero-order valence-electron chi connectivity index (χ0n) is 11.9. The zero-order valence-corrected chi connectivity index (χ0v) is 11.9. The Balaban J connectivity index is 2.36. The molecule has 0 bridgehead atoms. The Labute approximate surface area is 129 Å². The molecule has 23 heavy (non-hydrogen) atoms. The summed E-state index contributed by atoms with van der Waals surface area (Å²) < 4.78 is 0. The van der Waals surface area contributed by atoms with Crippen LogP contribution in [0.1, 0.15) is 26.3 Å². The number of carbonyl (C=O) groups is 2. The molecule has 0 aliphatic carbocycles. The molecule has 116 valence electrons. The fraction of sp³-hybridized carbons (Fsp3) is 0.0667. The highest BCUT2D eigenvalue weighted by Crippen LogP contribution is 2.31. The molecule has 8 nitrogen and oxygen atoms in total. The van der Waals surface area contributed by atoms with E-state index < -0.39 is 17.7 Å². The van der Waals surface area contributed by atoms with Crippen molar-refractivity contribution in [2.45, 2.75) is 6.92 Å². The van der Waals surface area contributed by atoms with Crippen LogP contribution in [0.4, 0.5) is 0 Å². The van der Waals surface area contributed by atoms with Crippen LogP contribution >= 0.6 is 0 Å². The van der Waals surface area contributed by atoms with Crippen LogP contribution in [0, 0.1) is 6.92 Å². The van der Waals surface area contributed by atoms with Gasteiger partial charge in [-0.1, -0.05) is 12.1 Å². The van der Waals surface area contributed by atoms with Crippen LogP contribution in [0.25, 0.3) is 16.7 Å². The van der Waals surface area contributed by atoms with Crippen molar-refractivity contribution in [3.8, 4) is 11.4 Å². The predicted octanol–water partition coefficient (Wildman–Crippen LogP) is 1.83. The third kappa shape index (κ3) is 2.26. The number of hydrogen-bond acceptors (Lipinski definition) is 5. The molecule has 1 heterocycles. The number of aromatic hydroxyl groups is 1. The summed E-state index contributed by atoms with van der Waals surface area (Å²) in [7, 11) is 0. The third-order valence-corrected chi connectivity index (χ3v) is 3.47. The Morgan fingerprint density at radius 2 is 1.61 bits per heavy atom. The van der Waals surface area contributed by atoms with E-state index in [0.717, 1.165) is 10.9 Å². The Morgan fingerprint density at radius 3 is 2.09 bits per heavy atom. The smallest absolute Gasteiger partial charge is 0.338 e. The van der Waals surface area contributed by atoms with E-state index in [-0.39, 0.29) is 22.4 Å². The molecule has 0 atom stereocenters. The predicted molar refractivity (Wildman–Crippen MR) is 79.2 cm³/mol. The topological polar surface area (TPSA) is 126 Å². The summed E-state index contributed by atoms with van der Waals surface area (Å²) in [6, 6.07) is 7.87. The maximum Gasteiger partial charge on any atom is 0.338 e. The lowest BCUT2D eigenvalue weighted by atomic mass is 9.99. The van der Waals surface area contributed by atoms with Crippen LogP contribution in [0.15, 0.2) is 30.3 Å². The number of phenols is 1. The molecule has 0 spiro atoms. The molecule has 8 heteroatoms. The van der Waals surface area contributed by atoms with E-state index in [2.05, 4.69) is 10.2 Å². The quantitative estimate of drug-likeness (QED) is 0.673. The summed E-state index contributed by atoms with van der Waals surface area (Å²) in [5.74, 6) is -3.23. The lowest BCUT2D eigenvalue weighted by Gasteiger charge is -2.12. The van der Waals surface area contributed by atoms with E-state index >= 15 is 0 Å². The minimum atomic E-state index is -1.38. The van der Waals surface area contributed by atoms with Gasteiger partial charge in [0, 0.05) is 0 Å². The van der Waals surface area contributed by atoms with Gasteiger partial charge in [-0.25, -0.2) is 9.59 Å². The van der Waals surface area contributed by atoms with E-state index in [1.165, 1.54) is 6.92 Å². The highest BCUT2D eigenvalue weighted by Gasteiger charge is 2.25. The van der Waals surface area contributed by atoms with Crippen molar-refractivity contribution in [3.05, 3.63) is 47.0 Å². The number of hydrogen-bond donors (Lipinski definition) is 3. The van der Waals surface area contributed by atoms with Gasteiger partial charge in [-0.2, -0.15) is 0 Å². The second-order valence-electron chi connectivity index (χ2n) is 4.88. The molecular weight excluding hydrogens is 302 g/mol. The standard InChI is InChI=1S/C15H11N3O5/c1-7-8(14(20)21)6-11(19)13(12(7)15(22)23)18-16-9-4-2-3-5-10(9)17-18/h2-6,19H,1H3,(H,20,21)(H,22,23). The van der Waals surface area contributed by atoms with Gasteiger partial charge in [0.15, 0.2) is 0 Å². The molecule has 3 N–H and O–H groups in total. The van der Waals surface area contributed by atoms with Crippen molar-refractivity contribution in [1.29, 1.82) is 0 Å².